The van der Waals surface area contributed by atoms with Crippen LogP contribution in [0.3, 0.4) is 0 Å². The monoisotopic (exact) mass is 452 g/mol. The lowest BCUT2D eigenvalue weighted by Gasteiger charge is -2.11. The molecule has 0 aliphatic carbocycles. The smallest absolute Gasteiger partial charge is 0.277 e. The Morgan fingerprint density at radius 1 is 0.909 bits per heavy atom. The molecule has 2 heterocycles. The lowest BCUT2D eigenvalue weighted by atomic mass is 10.1. The van der Waals surface area contributed by atoms with Crippen LogP contribution in [0, 0.1) is 34.1 Å². The normalized spacial score (nSPS) is 10.4. The van der Waals surface area contributed by atoms with Gasteiger partial charge in [0.1, 0.15) is 23.3 Å². The summed E-state index contributed by atoms with van der Waals surface area (Å²) in [5.74, 6) is 1.53. The van der Waals surface area contributed by atoms with E-state index in [0.29, 0.717) is 23.3 Å². The number of carbonyl (C=O) groups excluding carboxylic acids is 1. The molecule has 170 valence electrons. The van der Waals surface area contributed by atoms with E-state index in [0.717, 1.165) is 23.8 Å². The molecular weight excluding hydrogens is 432 g/mol. The van der Waals surface area contributed by atoms with E-state index in [1.807, 2.05) is 19.1 Å². The molecule has 0 atom stereocenters. The Bertz CT molecular complexity index is 1180. The van der Waals surface area contributed by atoms with Gasteiger partial charge in [0.25, 0.3) is 17.3 Å². The number of non-ortho nitro benzene ring substituents is 2. The zero-order valence-corrected chi connectivity index (χ0v) is 17.7. The summed E-state index contributed by atoms with van der Waals surface area (Å²) >= 11 is 0. The van der Waals surface area contributed by atoms with Crippen LogP contribution in [-0.4, -0.2) is 43.8 Å². The molecule has 3 rings (SSSR count). The number of aromatic nitrogens is 3. The maximum absolute atomic E-state index is 12.3. The summed E-state index contributed by atoms with van der Waals surface area (Å²) in [7, 11) is 0. The number of benzene rings is 1. The molecular formula is C20H20N8O5. The summed E-state index contributed by atoms with van der Waals surface area (Å²) in [5.41, 5.74) is -0.202. The largest absolute Gasteiger partial charge is 0.368 e. The first-order valence-electron chi connectivity index (χ1n) is 9.72. The minimum Gasteiger partial charge on any atom is -0.368 e. The third kappa shape index (κ3) is 6.40. The minimum atomic E-state index is -0.791. The van der Waals surface area contributed by atoms with Gasteiger partial charge in [0.15, 0.2) is 0 Å². The second kappa shape index (κ2) is 10.1. The fourth-order valence-corrected chi connectivity index (χ4v) is 2.86. The predicted molar refractivity (Wildman–Crippen MR) is 120 cm³/mol. The van der Waals surface area contributed by atoms with Crippen LogP contribution in [0.4, 0.5) is 28.8 Å². The molecule has 3 aromatic rings. The van der Waals surface area contributed by atoms with Gasteiger partial charge in [0, 0.05) is 37.5 Å². The lowest BCUT2D eigenvalue weighted by Crippen LogP contribution is -2.29. The van der Waals surface area contributed by atoms with Crippen molar-refractivity contribution in [2.45, 2.75) is 13.8 Å². The molecule has 0 radical (unpaired) electrons. The molecule has 33 heavy (non-hydrogen) atoms. The van der Waals surface area contributed by atoms with Crippen molar-refractivity contribution in [3.8, 4) is 0 Å². The molecule has 13 heteroatoms. The summed E-state index contributed by atoms with van der Waals surface area (Å²) in [6.45, 7) is 4.10. The van der Waals surface area contributed by atoms with Crippen LogP contribution in [0.25, 0.3) is 0 Å². The first kappa shape index (κ1) is 23.0. The van der Waals surface area contributed by atoms with E-state index in [1.54, 1.807) is 19.2 Å². The highest BCUT2D eigenvalue weighted by Gasteiger charge is 2.19. The molecule has 13 nitrogen and oxygen atoms in total. The number of hydrogen-bond acceptors (Lipinski definition) is 10. The second-order valence-corrected chi connectivity index (χ2v) is 6.96. The molecule has 0 bridgehead atoms. The van der Waals surface area contributed by atoms with E-state index in [1.165, 1.54) is 0 Å². The van der Waals surface area contributed by atoms with Gasteiger partial charge < -0.3 is 16.0 Å². The van der Waals surface area contributed by atoms with Gasteiger partial charge in [-0.25, -0.2) is 15.0 Å². The number of amides is 1. The van der Waals surface area contributed by atoms with Crippen LogP contribution in [0.1, 0.15) is 21.7 Å². The predicted octanol–water partition coefficient (Wildman–Crippen LogP) is 2.89. The number of anilines is 3. The van der Waals surface area contributed by atoms with E-state index >= 15 is 0 Å². The number of nitrogens with zero attached hydrogens (tertiary/aromatic N) is 5. The van der Waals surface area contributed by atoms with E-state index in [4.69, 9.17) is 0 Å². The van der Waals surface area contributed by atoms with Crippen molar-refractivity contribution < 1.29 is 14.6 Å². The fourth-order valence-electron chi connectivity index (χ4n) is 2.86. The number of nitro groups is 2. The van der Waals surface area contributed by atoms with Gasteiger partial charge in [-0.15, -0.1) is 0 Å². The zero-order chi connectivity index (χ0) is 24.0. The number of nitrogens with one attached hydrogen (secondary N) is 3. The number of pyridine rings is 1. The summed E-state index contributed by atoms with van der Waals surface area (Å²) in [6, 6.07) is 8.21. The van der Waals surface area contributed by atoms with E-state index in [-0.39, 0.29) is 18.7 Å². The molecule has 1 amide bonds. The molecule has 0 aliphatic heterocycles. The van der Waals surface area contributed by atoms with Crippen LogP contribution in [0.15, 0.2) is 42.6 Å². The standard InChI is InChI=1S/C20H20N8O5/c1-12-3-4-21-17(7-12)26-19-11-18(24-13(2)25-19)22-5-6-23-20(29)14-8-15(27(30)31)10-16(9-14)28(32)33/h3-4,7-11H,5-6H2,1-2H3,(H,23,29)(H2,21,22,24,25,26). The maximum Gasteiger partial charge on any atom is 0.277 e. The average molecular weight is 452 g/mol. The zero-order valence-electron chi connectivity index (χ0n) is 17.7. The van der Waals surface area contributed by atoms with Crippen LogP contribution in [-0.2, 0) is 0 Å². The summed E-state index contributed by atoms with van der Waals surface area (Å²) in [4.78, 5) is 45.5. The summed E-state index contributed by atoms with van der Waals surface area (Å²) in [6.07, 6.45) is 1.68. The van der Waals surface area contributed by atoms with Gasteiger partial charge in [0.05, 0.1) is 21.5 Å². The summed E-state index contributed by atoms with van der Waals surface area (Å²) in [5, 5.41) is 30.7. The third-order valence-corrected chi connectivity index (χ3v) is 4.31. The number of carbonyl (C=O) groups is 1. The van der Waals surface area contributed by atoms with Crippen LogP contribution < -0.4 is 16.0 Å². The molecule has 0 saturated carbocycles. The Kier molecular flexibility index (Phi) is 7.03. The highest BCUT2D eigenvalue weighted by atomic mass is 16.6. The van der Waals surface area contributed by atoms with Crippen molar-refractivity contribution in [3.05, 3.63) is 79.8 Å². The van der Waals surface area contributed by atoms with Crippen LogP contribution >= 0.6 is 0 Å². The number of rotatable bonds is 9. The Hall–Kier alpha value is -4.68. The number of nitro benzene ring substituents is 2. The first-order chi connectivity index (χ1) is 15.7. The molecule has 0 unspecified atom stereocenters. The molecule has 0 aliphatic rings. The van der Waals surface area contributed by atoms with Gasteiger partial charge in [0.2, 0.25) is 0 Å². The Labute approximate surface area is 187 Å². The van der Waals surface area contributed by atoms with E-state index in [9.17, 15) is 25.0 Å². The van der Waals surface area contributed by atoms with Gasteiger partial charge in [-0.3, -0.25) is 25.0 Å². The molecule has 0 spiro atoms. The second-order valence-electron chi connectivity index (χ2n) is 6.96. The Morgan fingerprint density at radius 2 is 1.58 bits per heavy atom. The highest BCUT2D eigenvalue weighted by Crippen LogP contribution is 2.22. The summed E-state index contributed by atoms with van der Waals surface area (Å²) < 4.78 is 0. The molecule has 3 N–H and O–H groups in total. The van der Waals surface area contributed by atoms with Crippen molar-refractivity contribution in [1.29, 1.82) is 0 Å². The van der Waals surface area contributed by atoms with Crippen molar-refractivity contribution in [1.82, 2.24) is 20.3 Å². The van der Waals surface area contributed by atoms with Crippen LogP contribution in [0.5, 0.6) is 0 Å². The molecule has 1 aromatic carbocycles. The maximum atomic E-state index is 12.3. The quantitative estimate of drug-likeness (QED) is 0.248. The number of hydrogen-bond donors (Lipinski definition) is 3. The van der Waals surface area contributed by atoms with Gasteiger partial charge in [-0.2, -0.15) is 0 Å². The topological polar surface area (TPSA) is 178 Å². The SMILES string of the molecule is Cc1ccnc(Nc2cc(NCCNC(=O)c3cc([N+](=O)[O-])cc([N+](=O)[O-])c3)nc(C)n2)c1. The van der Waals surface area contributed by atoms with Gasteiger partial charge >= 0.3 is 0 Å². The minimum absolute atomic E-state index is 0.139. The third-order valence-electron chi connectivity index (χ3n) is 4.31. The van der Waals surface area contributed by atoms with Crippen molar-refractivity contribution in [2.24, 2.45) is 0 Å². The van der Waals surface area contributed by atoms with Crippen molar-refractivity contribution >= 4 is 34.7 Å². The number of aryl methyl sites for hydroxylation is 2. The average Bonchev–Trinajstić information content (AvgIpc) is 2.75. The molecule has 0 fully saturated rings. The lowest BCUT2D eigenvalue weighted by molar-refractivity contribution is -0.394. The first-order valence-corrected chi connectivity index (χ1v) is 9.72. The van der Waals surface area contributed by atoms with Gasteiger partial charge in [-0.05, 0) is 31.5 Å². The Balaban J connectivity index is 1.60. The Morgan fingerprint density at radius 3 is 2.21 bits per heavy atom. The van der Waals surface area contributed by atoms with E-state index in [2.05, 4.69) is 30.9 Å². The van der Waals surface area contributed by atoms with Crippen molar-refractivity contribution in [3.63, 3.8) is 0 Å². The molecule has 0 saturated heterocycles. The molecule has 2 aromatic heterocycles. The van der Waals surface area contributed by atoms with Crippen molar-refractivity contribution in [2.75, 3.05) is 23.7 Å². The fraction of sp³-hybridized carbons (Fsp3) is 0.200. The van der Waals surface area contributed by atoms with Crippen LogP contribution in [0.2, 0.25) is 0 Å². The highest BCUT2D eigenvalue weighted by molar-refractivity contribution is 5.95. The van der Waals surface area contributed by atoms with Gasteiger partial charge in [-0.1, -0.05) is 0 Å². The van der Waals surface area contributed by atoms with E-state index < -0.39 is 27.1 Å².